The maximum atomic E-state index is 12.8. The SMILES string of the molecule is CCN1c2cc(C)c(/C=C(\C#N)c3ccc(C(F)(F)F)cc3)cc2C(C)=CC1(C)C. The van der Waals surface area contributed by atoms with Crippen LogP contribution in [0.2, 0.25) is 0 Å². The Balaban J connectivity index is 2.07. The molecule has 0 bridgehead atoms. The summed E-state index contributed by atoms with van der Waals surface area (Å²) in [7, 11) is 0. The molecular weight excluding hydrogens is 385 g/mol. The predicted octanol–water partition coefficient (Wildman–Crippen LogP) is 7.10. The molecule has 5 heteroatoms. The van der Waals surface area contributed by atoms with Gasteiger partial charge in [-0.25, -0.2) is 0 Å². The van der Waals surface area contributed by atoms with E-state index in [1.54, 1.807) is 6.08 Å². The number of rotatable bonds is 3. The van der Waals surface area contributed by atoms with Crippen LogP contribution in [-0.2, 0) is 6.18 Å². The van der Waals surface area contributed by atoms with E-state index in [0.717, 1.165) is 41.1 Å². The van der Waals surface area contributed by atoms with Crippen LogP contribution in [0, 0.1) is 18.3 Å². The molecule has 0 spiro atoms. The Morgan fingerprint density at radius 3 is 2.30 bits per heavy atom. The number of nitriles is 1. The first-order chi connectivity index (χ1) is 14.0. The van der Waals surface area contributed by atoms with Gasteiger partial charge in [-0.3, -0.25) is 0 Å². The lowest BCUT2D eigenvalue weighted by molar-refractivity contribution is -0.137. The zero-order valence-corrected chi connectivity index (χ0v) is 17.9. The predicted molar refractivity (Wildman–Crippen MR) is 117 cm³/mol. The number of fused-ring (bicyclic) bond motifs is 1. The minimum absolute atomic E-state index is 0.0896. The standard InChI is InChI=1S/C25H25F3N2/c1-6-30-23-11-16(2)19(13-22(23)17(3)14-24(30,4)5)12-20(15-29)18-7-9-21(10-8-18)25(26,27)28/h7-14H,6H2,1-5H3/b20-12+. The van der Waals surface area contributed by atoms with Gasteiger partial charge in [0.1, 0.15) is 0 Å². The molecule has 2 nitrogen and oxygen atoms in total. The van der Waals surface area contributed by atoms with Crippen LogP contribution in [0.4, 0.5) is 18.9 Å². The third-order valence-corrected chi connectivity index (χ3v) is 5.63. The first-order valence-electron chi connectivity index (χ1n) is 9.89. The zero-order valence-electron chi connectivity index (χ0n) is 17.9. The zero-order chi connectivity index (χ0) is 22.3. The molecule has 0 amide bonds. The lowest BCUT2D eigenvalue weighted by Crippen LogP contribution is -2.44. The van der Waals surface area contributed by atoms with Crippen molar-refractivity contribution in [3.63, 3.8) is 0 Å². The maximum absolute atomic E-state index is 12.8. The number of likely N-dealkylation sites (N-methyl/N-ethyl adjacent to an activating group) is 1. The van der Waals surface area contributed by atoms with E-state index < -0.39 is 11.7 Å². The van der Waals surface area contributed by atoms with E-state index in [-0.39, 0.29) is 5.54 Å². The Morgan fingerprint density at radius 1 is 1.13 bits per heavy atom. The van der Waals surface area contributed by atoms with Gasteiger partial charge in [0.2, 0.25) is 0 Å². The van der Waals surface area contributed by atoms with Crippen molar-refractivity contribution in [2.24, 2.45) is 0 Å². The van der Waals surface area contributed by atoms with Gasteiger partial charge in [-0.2, -0.15) is 18.4 Å². The Hall–Kier alpha value is -3.00. The fourth-order valence-electron chi connectivity index (χ4n) is 4.15. The second-order valence-electron chi connectivity index (χ2n) is 8.20. The molecule has 1 heterocycles. The second kappa shape index (κ2) is 7.68. The summed E-state index contributed by atoms with van der Waals surface area (Å²) < 4.78 is 38.5. The number of benzene rings is 2. The van der Waals surface area contributed by atoms with E-state index in [9.17, 15) is 18.4 Å². The molecule has 0 fully saturated rings. The van der Waals surface area contributed by atoms with Gasteiger partial charge in [0.25, 0.3) is 0 Å². The normalized spacial score (nSPS) is 16.0. The molecule has 3 rings (SSSR count). The number of anilines is 1. The number of halogens is 3. The highest BCUT2D eigenvalue weighted by molar-refractivity contribution is 5.92. The monoisotopic (exact) mass is 410 g/mol. The third-order valence-electron chi connectivity index (χ3n) is 5.63. The van der Waals surface area contributed by atoms with Crippen molar-refractivity contribution in [2.75, 3.05) is 11.4 Å². The molecule has 0 atom stereocenters. The Bertz CT molecular complexity index is 1070. The fraction of sp³-hybridized carbons (Fsp3) is 0.320. The van der Waals surface area contributed by atoms with E-state index in [0.29, 0.717) is 11.1 Å². The van der Waals surface area contributed by atoms with Crippen molar-refractivity contribution < 1.29 is 13.2 Å². The molecule has 0 N–H and O–H groups in total. The Kier molecular flexibility index (Phi) is 5.56. The number of allylic oxidation sites excluding steroid dienone is 2. The highest BCUT2D eigenvalue weighted by atomic mass is 19.4. The molecule has 1 aliphatic rings. The molecule has 2 aromatic rings. The van der Waals surface area contributed by atoms with Gasteiger partial charge in [0.05, 0.1) is 22.7 Å². The van der Waals surface area contributed by atoms with E-state index in [4.69, 9.17) is 0 Å². The summed E-state index contributed by atoms with van der Waals surface area (Å²) in [6.45, 7) is 11.4. The lowest BCUT2D eigenvalue weighted by Gasteiger charge is -2.43. The molecule has 0 unspecified atom stereocenters. The molecule has 0 saturated carbocycles. The van der Waals surface area contributed by atoms with Gasteiger partial charge < -0.3 is 4.90 Å². The number of nitrogens with zero attached hydrogens (tertiary/aromatic N) is 2. The van der Waals surface area contributed by atoms with Crippen LogP contribution >= 0.6 is 0 Å². The van der Waals surface area contributed by atoms with Crippen molar-refractivity contribution in [2.45, 2.75) is 46.3 Å². The number of alkyl halides is 3. The van der Waals surface area contributed by atoms with Crippen LogP contribution in [0.25, 0.3) is 17.2 Å². The van der Waals surface area contributed by atoms with Crippen LogP contribution in [-0.4, -0.2) is 12.1 Å². The Morgan fingerprint density at radius 2 is 1.77 bits per heavy atom. The summed E-state index contributed by atoms with van der Waals surface area (Å²) in [5.41, 5.74) is 5.31. The third kappa shape index (κ3) is 4.00. The molecule has 1 aliphatic heterocycles. The summed E-state index contributed by atoms with van der Waals surface area (Å²) in [4.78, 5) is 2.34. The van der Waals surface area contributed by atoms with Crippen molar-refractivity contribution in [3.8, 4) is 6.07 Å². The minimum Gasteiger partial charge on any atom is -0.363 e. The molecular formula is C25H25F3N2. The molecule has 156 valence electrons. The molecule has 0 saturated heterocycles. The first kappa shape index (κ1) is 21.7. The maximum Gasteiger partial charge on any atom is 0.416 e. The van der Waals surface area contributed by atoms with Crippen LogP contribution in [0.1, 0.15) is 55.5 Å². The van der Waals surface area contributed by atoms with Gasteiger partial charge >= 0.3 is 6.18 Å². The summed E-state index contributed by atoms with van der Waals surface area (Å²) in [6.07, 6.45) is -0.406. The van der Waals surface area contributed by atoms with Gasteiger partial charge in [-0.15, -0.1) is 0 Å². The molecule has 0 aliphatic carbocycles. The fourth-order valence-corrected chi connectivity index (χ4v) is 4.15. The molecule has 30 heavy (non-hydrogen) atoms. The highest BCUT2D eigenvalue weighted by Crippen LogP contribution is 2.40. The van der Waals surface area contributed by atoms with Crippen molar-refractivity contribution in [3.05, 3.63) is 70.3 Å². The first-order valence-corrected chi connectivity index (χ1v) is 9.89. The van der Waals surface area contributed by atoms with Crippen molar-refractivity contribution in [1.82, 2.24) is 0 Å². The summed E-state index contributed by atoms with van der Waals surface area (Å²) >= 11 is 0. The smallest absolute Gasteiger partial charge is 0.363 e. The van der Waals surface area contributed by atoms with E-state index in [1.165, 1.54) is 17.7 Å². The summed E-state index contributed by atoms with van der Waals surface area (Å²) in [6, 6.07) is 11.0. The molecule has 2 aromatic carbocycles. The average molecular weight is 410 g/mol. The highest BCUT2D eigenvalue weighted by Gasteiger charge is 2.31. The summed E-state index contributed by atoms with van der Waals surface area (Å²) in [5.74, 6) is 0. The quantitative estimate of drug-likeness (QED) is 0.399. The van der Waals surface area contributed by atoms with E-state index >= 15 is 0 Å². The summed E-state index contributed by atoms with van der Waals surface area (Å²) in [5, 5.41) is 9.64. The average Bonchev–Trinajstić information content (AvgIpc) is 2.66. The number of hydrogen-bond donors (Lipinski definition) is 0. The Labute approximate surface area is 175 Å². The van der Waals surface area contributed by atoms with Gasteiger partial charge in [0, 0.05) is 17.8 Å². The van der Waals surface area contributed by atoms with Crippen molar-refractivity contribution in [1.29, 1.82) is 5.26 Å². The van der Waals surface area contributed by atoms with Crippen molar-refractivity contribution >= 4 is 22.9 Å². The second-order valence-corrected chi connectivity index (χ2v) is 8.20. The topological polar surface area (TPSA) is 27.0 Å². The van der Waals surface area contributed by atoms with Crippen LogP contribution in [0.15, 0.2) is 42.5 Å². The van der Waals surface area contributed by atoms with Gasteiger partial charge in [0.15, 0.2) is 0 Å². The number of aryl methyl sites for hydroxylation is 1. The van der Waals surface area contributed by atoms with Gasteiger partial charge in [-0.1, -0.05) is 18.2 Å². The van der Waals surface area contributed by atoms with Crippen LogP contribution in [0.5, 0.6) is 0 Å². The van der Waals surface area contributed by atoms with E-state index in [2.05, 4.69) is 56.9 Å². The lowest BCUT2D eigenvalue weighted by atomic mass is 9.86. The largest absolute Gasteiger partial charge is 0.416 e. The van der Waals surface area contributed by atoms with Gasteiger partial charge in [-0.05, 0) is 87.2 Å². The molecule has 0 radical (unpaired) electrons. The molecule has 0 aromatic heterocycles. The van der Waals surface area contributed by atoms with Crippen LogP contribution < -0.4 is 4.90 Å². The minimum atomic E-state index is -4.40. The number of hydrogen-bond acceptors (Lipinski definition) is 2. The van der Waals surface area contributed by atoms with E-state index in [1.807, 2.05) is 6.92 Å². The van der Waals surface area contributed by atoms with Crippen LogP contribution in [0.3, 0.4) is 0 Å².